The number of ether oxygens (including phenoxy) is 1. The van der Waals surface area contributed by atoms with Crippen molar-refractivity contribution in [2.45, 2.75) is 13.5 Å². The van der Waals surface area contributed by atoms with Crippen LogP contribution in [-0.4, -0.2) is 17.5 Å². The molecule has 0 aliphatic carbocycles. The Hall–Kier alpha value is -2.67. The van der Waals surface area contributed by atoms with Gasteiger partial charge in [0.1, 0.15) is 5.56 Å². The highest BCUT2D eigenvalue weighted by molar-refractivity contribution is 9.10. The molecule has 0 aliphatic heterocycles. The second kappa shape index (κ2) is 7.48. The first-order chi connectivity index (χ1) is 12.1. The summed E-state index contributed by atoms with van der Waals surface area (Å²) in [5.41, 5.74) is 0.387. The molecule has 0 spiro atoms. The number of hydrogen-bond donors (Lipinski definition) is 1. The number of pyridine rings is 1. The van der Waals surface area contributed by atoms with Gasteiger partial charge in [-0.05, 0) is 36.8 Å². The van der Waals surface area contributed by atoms with Gasteiger partial charge in [-0.1, -0.05) is 22.0 Å². The lowest BCUT2D eigenvalue weighted by Crippen LogP contribution is -2.27. The molecule has 0 unspecified atom stereocenters. The van der Waals surface area contributed by atoms with Crippen LogP contribution in [0.4, 0.5) is 0 Å². The van der Waals surface area contributed by atoms with Crippen molar-refractivity contribution in [3.05, 3.63) is 68.7 Å². The van der Waals surface area contributed by atoms with Gasteiger partial charge in [-0.2, -0.15) is 0 Å². The van der Waals surface area contributed by atoms with Gasteiger partial charge in [0, 0.05) is 28.8 Å². The van der Waals surface area contributed by atoms with Crippen molar-refractivity contribution in [2.24, 2.45) is 0 Å². The predicted molar refractivity (Wildman–Crippen MR) is 96.8 cm³/mol. The maximum Gasteiger partial charge on any atom is 0.349 e. The average molecular weight is 403 g/mol. The van der Waals surface area contributed by atoms with E-state index >= 15 is 0 Å². The van der Waals surface area contributed by atoms with Gasteiger partial charge < -0.3 is 14.5 Å². The number of halogens is 1. The summed E-state index contributed by atoms with van der Waals surface area (Å²) in [5.74, 6) is -0.0521. The number of carbonyl (C=O) groups excluding carboxylic acids is 1. The molecule has 6 nitrogen and oxygen atoms in total. The number of carbonyl (C=O) groups is 1. The van der Waals surface area contributed by atoms with E-state index in [1.807, 2.05) is 13.0 Å². The fraction of sp³-hybridized carbons (Fsp3) is 0.167. The zero-order valence-corrected chi connectivity index (χ0v) is 15.0. The number of rotatable bonds is 5. The van der Waals surface area contributed by atoms with Crippen molar-refractivity contribution in [2.75, 3.05) is 6.61 Å². The molecule has 2 heterocycles. The minimum atomic E-state index is -0.709. The van der Waals surface area contributed by atoms with E-state index < -0.39 is 11.5 Å². The van der Waals surface area contributed by atoms with E-state index in [0.29, 0.717) is 23.3 Å². The summed E-state index contributed by atoms with van der Waals surface area (Å²) in [4.78, 5) is 28.5. The van der Waals surface area contributed by atoms with Crippen LogP contribution in [0.25, 0.3) is 11.0 Å². The van der Waals surface area contributed by atoms with Crippen LogP contribution in [0.2, 0.25) is 0 Å². The highest BCUT2D eigenvalue weighted by Gasteiger charge is 2.16. The van der Waals surface area contributed by atoms with Gasteiger partial charge >= 0.3 is 5.63 Å². The van der Waals surface area contributed by atoms with E-state index in [1.165, 1.54) is 6.07 Å². The van der Waals surface area contributed by atoms with Gasteiger partial charge in [0.15, 0.2) is 11.3 Å². The summed E-state index contributed by atoms with van der Waals surface area (Å²) >= 11 is 3.39. The Balaban J connectivity index is 1.92. The van der Waals surface area contributed by atoms with Crippen molar-refractivity contribution >= 4 is 32.8 Å². The van der Waals surface area contributed by atoms with Crippen molar-refractivity contribution in [1.29, 1.82) is 0 Å². The molecule has 1 amide bonds. The standard InChI is InChI=1S/C18H15BrN2O4/c1-2-24-15-8-13(19)6-12-7-14(18(23)25-16(12)15)17(22)21-10-11-4-3-5-20-9-11/h3-9H,2,10H2,1H3,(H,21,22). The predicted octanol–water partition coefficient (Wildman–Crippen LogP) is 3.28. The highest BCUT2D eigenvalue weighted by Crippen LogP contribution is 2.29. The first-order valence-electron chi connectivity index (χ1n) is 7.65. The lowest BCUT2D eigenvalue weighted by atomic mass is 10.1. The zero-order chi connectivity index (χ0) is 17.8. The number of benzene rings is 1. The molecular formula is C18H15BrN2O4. The lowest BCUT2D eigenvalue weighted by Gasteiger charge is -2.09. The van der Waals surface area contributed by atoms with Crippen molar-refractivity contribution < 1.29 is 13.9 Å². The molecule has 2 aromatic heterocycles. The van der Waals surface area contributed by atoms with Gasteiger partial charge in [-0.15, -0.1) is 0 Å². The van der Waals surface area contributed by atoms with Gasteiger partial charge in [-0.3, -0.25) is 9.78 Å². The van der Waals surface area contributed by atoms with Gasteiger partial charge in [0.2, 0.25) is 0 Å². The van der Waals surface area contributed by atoms with Crippen LogP contribution < -0.4 is 15.7 Å². The van der Waals surface area contributed by atoms with Crippen molar-refractivity contribution in [3.63, 3.8) is 0 Å². The molecule has 0 saturated carbocycles. The zero-order valence-electron chi connectivity index (χ0n) is 13.4. The summed E-state index contributed by atoms with van der Waals surface area (Å²) < 4.78 is 11.6. The largest absolute Gasteiger partial charge is 0.490 e. The Kier molecular flexibility index (Phi) is 5.14. The van der Waals surface area contributed by atoms with Crippen LogP contribution in [0, 0.1) is 0 Å². The molecule has 3 rings (SSSR count). The Morgan fingerprint density at radius 3 is 2.92 bits per heavy atom. The van der Waals surface area contributed by atoms with Crippen LogP contribution in [-0.2, 0) is 6.54 Å². The molecule has 0 atom stereocenters. The van der Waals surface area contributed by atoms with Crippen LogP contribution in [0.15, 0.2) is 56.4 Å². The molecular weight excluding hydrogens is 388 g/mol. The summed E-state index contributed by atoms with van der Waals surface area (Å²) in [7, 11) is 0. The first kappa shape index (κ1) is 17.2. The number of hydrogen-bond acceptors (Lipinski definition) is 5. The molecule has 0 radical (unpaired) electrons. The molecule has 0 bridgehead atoms. The van der Waals surface area contributed by atoms with Crippen molar-refractivity contribution in [1.82, 2.24) is 10.3 Å². The van der Waals surface area contributed by atoms with Crippen LogP contribution >= 0.6 is 15.9 Å². The SMILES string of the molecule is CCOc1cc(Br)cc2cc(C(=O)NCc3cccnc3)c(=O)oc12. The molecule has 128 valence electrons. The first-order valence-corrected chi connectivity index (χ1v) is 8.45. The van der Waals surface area contributed by atoms with Gasteiger partial charge in [0.25, 0.3) is 5.91 Å². The summed E-state index contributed by atoms with van der Waals surface area (Å²) in [6.07, 6.45) is 3.30. The molecule has 1 N–H and O–H groups in total. The van der Waals surface area contributed by atoms with Gasteiger partial charge in [0.05, 0.1) is 6.61 Å². The van der Waals surface area contributed by atoms with E-state index in [1.54, 1.807) is 30.6 Å². The van der Waals surface area contributed by atoms with E-state index in [9.17, 15) is 9.59 Å². The Bertz CT molecular complexity index is 970. The van der Waals surface area contributed by atoms with E-state index in [-0.39, 0.29) is 12.1 Å². The van der Waals surface area contributed by atoms with E-state index in [4.69, 9.17) is 9.15 Å². The van der Waals surface area contributed by atoms with Crippen LogP contribution in [0.5, 0.6) is 5.75 Å². The maximum atomic E-state index is 12.3. The molecule has 7 heteroatoms. The second-order valence-electron chi connectivity index (χ2n) is 5.25. The molecule has 0 aliphatic rings. The third-order valence-electron chi connectivity index (χ3n) is 3.48. The molecule has 0 fully saturated rings. The number of nitrogens with zero attached hydrogens (tertiary/aromatic N) is 1. The molecule has 3 aromatic rings. The Morgan fingerprint density at radius 1 is 1.36 bits per heavy atom. The lowest BCUT2D eigenvalue weighted by molar-refractivity contribution is 0.0947. The third-order valence-corrected chi connectivity index (χ3v) is 3.94. The molecule has 0 saturated heterocycles. The number of aromatic nitrogens is 1. The molecule has 1 aromatic carbocycles. The normalized spacial score (nSPS) is 10.6. The maximum absolute atomic E-state index is 12.3. The number of amides is 1. The van der Waals surface area contributed by atoms with Crippen LogP contribution in [0.3, 0.4) is 0 Å². The fourth-order valence-corrected chi connectivity index (χ4v) is 2.82. The minimum Gasteiger partial charge on any atom is -0.490 e. The van der Waals surface area contributed by atoms with E-state index in [0.717, 1.165) is 10.0 Å². The second-order valence-corrected chi connectivity index (χ2v) is 6.16. The van der Waals surface area contributed by atoms with Gasteiger partial charge in [-0.25, -0.2) is 4.79 Å². The fourth-order valence-electron chi connectivity index (χ4n) is 2.37. The highest BCUT2D eigenvalue weighted by atomic mass is 79.9. The Labute approximate surface area is 152 Å². The monoisotopic (exact) mass is 402 g/mol. The van der Waals surface area contributed by atoms with Crippen molar-refractivity contribution in [3.8, 4) is 5.75 Å². The molecule has 25 heavy (non-hydrogen) atoms. The summed E-state index contributed by atoms with van der Waals surface area (Å²) in [6.45, 7) is 2.54. The summed E-state index contributed by atoms with van der Waals surface area (Å²) in [5, 5.41) is 3.29. The van der Waals surface area contributed by atoms with E-state index in [2.05, 4.69) is 26.2 Å². The minimum absolute atomic E-state index is 0.0584. The quantitative estimate of drug-likeness (QED) is 0.662. The van der Waals surface area contributed by atoms with Crippen LogP contribution in [0.1, 0.15) is 22.8 Å². The summed E-state index contributed by atoms with van der Waals surface area (Å²) in [6, 6.07) is 8.60. The average Bonchev–Trinajstić information content (AvgIpc) is 2.61. The Morgan fingerprint density at radius 2 is 2.20 bits per heavy atom. The number of nitrogens with one attached hydrogen (secondary N) is 1. The third kappa shape index (κ3) is 3.88. The smallest absolute Gasteiger partial charge is 0.349 e. The number of fused-ring (bicyclic) bond motifs is 1. The topological polar surface area (TPSA) is 81.4 Å².